The molecule has 0 bridgehead atoms. The molecule has 2 aromatic heterocycles. The van der Waals surface area contributed by atoms with E-state index in [2.05, 4.69) is 25.9 Å². The zero-order chi connectivity index (χ0) is 20.2. The van der Waals surface area contributed by atoms with E-state index in [9.17, 15) is 9.59 Å². The number of nitrogens with one attached hydrogen (secondary N) is 1. The smallest absolute Gasteiger partial charge is 0.396 e. The summed E-state index contributed by atoms with van der Waals surface area (Å²) in [6.07, 6.45) is 1.44. The Morgan fingerprint density at radius 3 is 2.97 bits per heavy atom. The first kappa shape index (κ1) is 18.5. The van der Waals surface area contributed by atoms with E-state index in [1.807, 2.05) is 30.3 Å². The number of carbonyl (C=O) groups is 1. The SMILES string of the molecule is COc1cc(/C=N\NC(=O)Cn2nnc(-c3ccccc3)n2)cc2sc(=O)oc12. The number of ether oxygens (including phenoxy) is 1. The Labute approximate surface area is 167 Å². The monoisotopic (exact) mass is 410 g/mol. The van der Waals surface area contributed by atoms with Gasteiger partial charge in [-0.25, -0.2) is 10.2 Å². The minimum absolute atomic E-state index is 0.136. The van der Waals surface area contributed by atoms with Crippen LogP contribution >= 0.6 is 11.3 Å². The maximum absolute atomic E-state index is 12.1. The lowest BCUT2D eigenvalue weighted by Crippen LogP contribution is -2.24. The van der Waals surface area contributed by atoms with E-state index >= 15 is 0 Å². The highest BCUT2D eigenvalue weighted by Gasteiger charge is 2.11. The topological polar surface area (TPSA) is 124 Å². The number of nitrogens with zero attached hydrogens (tertiary/aromatic N) is 5. The van der Waals surface area contributed by atoms with Crippen LogP contribution in [0.15, 0.2) is 56.8 Å². The van der Waals surface area contributed by atoms with Crippen LogP contribution in [0.3, 0.4) is 0 Å². The summed E-state index contributed by atoms with van der Waals surface area (Å²) in [4.78, 5) is 24.2. The molecule has 0 unspecified atom stereocenters. The predicted octanol–water partition coefficient (Wildman–Crippen LogP) is 1.67. The number of rotatable bonds is 6. The Bertz CT molecular complexity index is 1240. The van der Waals surface area contributed by atoms with E-state index in [-0.39, 0.29) is 6.54 Å². The van der Waals surface area contributed by atoms with Gasteiger partial charge in [0.1, 0.15) is 6.54 Å². The normalized spacial score (nSPS) is 11.2. The number of tetrazole rings is 1. The van der Waals surface area contributed by atoms with Crippen molar-refractivity contribution in [1.82, 2.24) is 25.6 Å². The molecule has 4 rings (SSSR count). The Hall–Kier alpha value is -3.86. The van der Waals surface area contributed by atoms with E-state index in [0.717, 1.165) is 16.9 Å². The lowest BCUT2D eigenvalue weighted by Gasteiger charge is -2.02. The highest BCUT2D eigenvalue weighted by Crippen LogP contribution is 2.28. The third-order valence-electron chi connectivity index (χ3n) is 3.81. The molecule has 0 radical (unpaired) electrons. The van der Waals surface area contributed by atoms with E-state index < -0.39 is 10.8 Å². The minimum Gasteiger partial charge on any atom is -0.493 e. The van der Waals surface area contributed by atoms with E-state index in [0.29, 0.717) is 27.4 Å². The maximum Gasteiger partial charge on any atom is 0.396 e. The number of methoxy groups -OCH3 is 1. The Morgan fingerprint density at radius 2 is 2.17 bits per heavy atom. The number of fused-ring (bicyclic) bond motifs is 1. The van der Waals surface area contributed by atoms with Crippen molar-refractivity contribution >= 4 is 33.7 Å². The van der Waals surface area contributed by atoms with Crippen molar-refractivity contribution < 1.29 is 13.9 Å². The average molecular weight is 410 g/mol. The van der Waals surface area contributed by atoms with Gasteiger partial charge in [0.2, 0.25) is 5.82 Å². The van der Waals surface area contributed by atoms with E-state index in [1.54, 1.807) is 12.1 Å². The molecule has 10 nitrogen and oxygen atoms in total. The number of amides is 1. The third-order valence-corrected chi connectivity index (χ3v) is 4.59. The van der Waals surface area contributed by atoms with Gasteiger partial charge in [-0.2, -0.15) is 9.90 Å². The van der Waals surface area contributed by atoms with E-state index in [4.69, 9.17) is 9.15 Å². The summed E-state index contributed by atoms with van der Waals surface area (Å²) in [5.41, 5.74) is 4.23. The van der Waals surface area contributed by atoms with Gasteiger partial charge in [0.15, 0.2) is 11.3 Å². The van der Waals surface area contributed by atoms with Crippen LogP contribution in [-0.4, -0.2) is 39.4 Å². The summed E-state index contributed by atoms with van der Waals surface area (Å²) in [6.45, 7) is -0.136. The third kappa shape index (κ3) is 4.19. The average Bonchev–Trinajstić information content (AvgIpc) is 3.33. The van der Waals surface area contributed by atoms with Crippen molar-refractivity contribution in [2.24, 2.45) is 5.10 Å². The molecule has 0 atom stereocenters. The predicted molar refractivity (Wildman–Crippen MR) is 106 cm³/mol. The van der Waals surface area contributed by atoms with E-state index in [1.165, 1.54) is 18.1 Å². The molecule has 1 amide bonds. The molecular formula is C18H14N6O4S. The molecule has 11 heteroatoms. The van der Waals surface area contributed by atoms with Crippen molar-refractivity contribution in [3.63, 3.8) is 0 Å². The highest BCUT2D eigenvalue weighted by atomic mass is 32.1. The molecule has 0 aliphatic rings. The van der Waals surface area contributed by atoms with Crippen molar-refractivity contribution in [3.8, 4) is 17.1 Å². The Morgan fingerprint density at radius 1 is 1.34 bits per heavy atom. The fourth-order valence-electron chi connectivity index (χ4n) is 2.55. The standard InChI is InChI=1S/C18H14N6O4S/c1-27-13-7-11(8-14-16(13)28-18(26)29-14)9-19-20-15(25)10-24-22-17(21-23-24)12-5-3-2-4-6-12/h2-9H,10H2,1H3,(H,20,25)/b19-9-. The molecule has 4 aromatic rings. The quantitative estimate of drug-likeness (QED) is 0.379. The molecule has 0 saturated heterocycles. The van der Waals surface area contributed by atoms with Gasteiger partial charge in [0, 0.05) is 5.56 Å². The molecule has 0 saturated carbocycles. The molecule has 1 N–H and O–H groups in total. The maximum atomic E-state index is 12.1. The summed E-state index contributed by atoms with van der Waals surface area (Å²) in [6, 6.07) is 12.7. The zero-order valence-corrected chi connectivity index (χ0v) is 15.9. The Kier molecular flexibility index (Phi) is 5.12. The van der Waals surface area contributed by atoms with Crippen LogP contribution in [-0.2, 0) is 11.3 Å². The number of carbonyl (C=O) groups excluding carboxylic acids is 1. The molecule has 0 fully saturated rings. The number of benzene rings is 2. The van der Waals surface area contributed by atoms with Gasteiger partial charge in [0.05, 0.1) is 18.0 Å². The number of aromatic nitrogens is 4. The fraction of sp³-hybridized carbons (Fsp3) is 0.111. The zero-order valence-electron chi connectivity index (χ0n) is 15.1. The van der Waals surface area contributed by atoms with Crippen LogP contribution in [0.4, 0.5) is 0 Å². The molecule has 0 aliphatic carbocycles. The summed E-state index contributed by atoms with van der Waals surface area (Å²) in [5, 5.41) is 15.9. The van der Waals surface area contributed by atoms with Crippen molar-refractivity contribution in [2.45, 2.75) is 6.54 Å². The van der Waals surface area contributed by atoms with Crippen molar-refractivity contribution in [3.05, 3.63) is 57.8 Å². The number of hydrogen-bond donors (Lipinski definition) is 1. The molecule has 0 spiro atoms. The van der Waals surface area contributed by atoms with Crippen molar-refractivity contribution in [1.29, 1.82) is 0 Å². The van der Waals surface area contributed by atoms with Gasteiger partial charge in [-0.15, -0.1) is 10.2 Å². The fourth-order valence-corrected chi connectivity index (χ4v) is 3.28. The van der Waals surface area contributed by atoms with Gasteiger partial charge < -0.3 is 9.15 Å². The molecule has 29 heavy (non-hydrogen) atoms. The van der Waals surface area contributed by atoms with Gasteiger partial charge in [-0.3, -0.25) is 4.79 Å². The first-order valence-electron chi connectivity index (χ1n) is 8.39. The van der Waals surface area contributed by atoms with Gasteiger partial charge >= 0.3 is 4.94 Å². The minimum atomic E-state index is -0.420. The number of hydrazone groups is 1. The van der Waals surface area contributed by atoms with Gasteiger partial charge in [-0.05, 0) is 22.9 Å². The highest BCUT2D eigenvalue weighted by molar-refractivity contribution is 7.16. The molecule has 146 valence electrons. The first-order valence-corrected chi connectivity index (χ1v) is 9.21. The summed E-state index contributed by atoms with van der Waals surface area (Å²) in [7, 11) is 1.48. The van der Waals surface area contributed by atoms with Crippen LogP contribution in [0.1, 0.15) is 5.56 Å². The summed E-state index contributed by atoms with van der Waals surface area (Å²) < 4.78 is 10.9. The second kappa shape index (κ2) is 8.02. The van der Waals surface area contributed by atoms with Crippen molar-refractivity contribution in [2.75, 3.05) is 7.11 Å². The molecule has 0 aliphatic heterocycles. The van der Waals surface area contributed by atoms with Gasteiger partial charge in [-0.1, -0.05) is 41.7 Å². The second-order valence-electron chi connectivity index (χ2n) is 5.81. The largest absolute Gasteiger partial charge is 0.493 e. The summed E-state index contributed by atoms with van der Waals surface area (Å²) in [5.74, 6) is 0.426. The lowest BCUT2D eigenvalue weighted by atomic mass is 10.2. The number of hydrogen-bond acceptors (Lipinski definition) is 9. The van der Waals surface area contributed by atoms with Crippen LogP contribution in [0.5, 0.6) is 5.75 Å². The van der Waals surface area contributed by atoms with Crippen LogP contribution in [0.2, 0.25) is 0 Å². The Balaban J connectivity index is 1.41. The van der Waals surface area contributed by atoms with Crippen LogP contribution in [0, 0.1) is 0 Å². The van der Waals surface area contributed by atoms with Gasteiger partial charge in [0.25, 0.3) is 5.91 Å². The second-order valence-corrected chi connectivity index (χ2v) is 6.78. The van der Waals surface area contributed by atoms with Crippen LogP contribution in [0.25, 0.3) is 21.7 Å². The molecule has 2 aromatic carbocycles. The molecular weight excluding hydrogens is 396 g/mol. The lowest BCUT2D eigenvalue weighted by molar-refractivity contribution is -0.122. The molecule has 2 heterocycles. The summed E-state index contributed by atoms with van der Waals surface area (Å²) >= 11 is 0.960. The van der Waals surface area contributed by atoms with Crippen LogP contribution < -0.4 is 15.1 Å². The first-order chi connectivity index (χ1) is 14.1.